The van der Waals surface area contributed by atoms with E-state index in [-0.39, 0.29) is 24.4 Å². The van der Waals surface area contributed by atoms with Crippen molar-refractivity contribution in [2.75, 3.05) is 38.7 Å². The Labute approximate surface area is 162 Å². The summed E-state index contributed by atoms with van der Waals surface area (Å²) in [4.78, 5) is 12.7. The molecule has 6 nitrogen and oxygen atoms in total. The fraction of sp³-hybridized carbons (Fsp3) is 0.632. The van der Waals surface area contributed by atoms with Crippen molar-refractivity contribution in [2.45, 2.75) is 45.0 Å². The third-order valence-electron chi connectivity index (χ3n) is 4.35. The van der Waals surface area contributed by atoms with Crippen LogP contribution in [0.2, 0.25) is 0 Å². The number of amides is 1. The van der Waals surface area contributed by atoms with Crippen molar-refractivity contribution >= 4 is 24.0 Å². The molecule has 1 saturated heterocycles. The summed E-state index contributed by atoms with van der Waals surface area (Å²) in [6, 6.07) is 7.72. The van der Waals surface area contributed by atoms with Crippen LogP contribution in [0, 0.1) is 0 Å². The van der Waals surface area contributed by atoms with E-state index in [4.69, 9.17) is 14.2 Å². The molecule has 1 aromatic rings. The average Bonchev–Trinajstić information content (AvgIpc) is 2.62. The molecule has 0 aliphatic carbocycles. The Kier molecular flexibility index (Phi) is 10.1. The summed E-state index contributed by atoms with van der Waals surface area (Å²) >= 11 is 0. The van der Waals surface area contributed by atoms with Gasteiger partial charge in [-0.2, -0.15) is 0 Å². The zero-order valence-corrected chi connectivity index (χ0v) is 16.7. The molecule has 2 rings (SSSR count). The molecule has 26 heavy (non-hydrogen) atoms. The Hall–Kier alpha value is -1.18. The van der Waals surface area contributed by atoms with Gasteiger partial charge in [0.15, 0.2) is 0 Å². The molecule has 0 radical (unpaired) electrons. The summed E-state index contributed by atoms with van der Waals surface area (Å²) in [5, 5.41) is 6.24. The smallest absolute Gasteiger partial charge is 0.256 e. The summed E-state index contributed by atoms with van der Waals surface area (Å²) < 4.78 is 16.6. The number of anilines is 1. The number of ether oxygens (including phenoxy) is 3. The molecule has 1 aromatic carbocycles. The molecule has 7 heteroatoms. The number of rotatable bonds is 9. The molecule has 1 amide bonds. The molecule has 0 saturated carbocycles. The molecule has 0 bridgehead atoms. The van der Waals surface area contributed by atoms with Crippen LogP contribution in [0.1, 0.15) is 32.3 Å². The first-order valence-electron chi connectivity index (χ1n) is 8.91. The molecule has 0 unspecified atom stereocenters. The highest BCUT2D eigenvalue weighted by Gasteiger charge is 2.39. The summed E-state index contributed by atoms with van der Waals surface area (Å²) in [7, 11) is 1.61. The Morgan fingerprint density at radius 1 is 1.27 bits per heavy atom. The Morgan fingerprint density at radius 2 is 2.00 bits per heavy atom. The number of piperidine rings is 1. The predicted octanol–water partition coefficient (Wildman–Crippen LogP) is 2.76. The molecule has 2 N–H and O–H groups in total. The van der Waals surface area contributed by atoms with Gasteiger partial charge in [0, 0.05) is 12.8 Å². The van der Waals surface area contributed by atoms with Crippen molar-refractivity contribution in [3.05, 3.63) is 29.8 Å². The largest absolute Gasteiger partial charge is 0.376 e. The lowest BCUT2D eigenvalue weighted by atomic mass is 9.91. The van der Waals surface area contributed by atoms with Crippen LogP contribution in [0.4, 0.5) is 5.69 Å². The first kappa shape index (κ1) is 22.9. The van der Waals surface area contributed by atoms with Crippen molar-refractivity contribution in [2.24, 2.45) is 0 Å². The highest BCUT2D eigenvalue weighted by Crippen LogP contribution is 2.25. The molecule has 148 valence electrons. The maximum Gasteiger partial charge on any atom is 0.256 e. The minimum Gasteiger partial charge on any atom is -0.376 e. The molecule has 1 fully saturated rings. The second-order valence-electron chi connectivity index (χ2n) is 6.58. The third-order valence-corrected chi connectivity index (χ3v) is 4.35. The molecule has 1 aliphatic rings. The molecule has 0 atom stereocenters. The van der Waals surface area contributed by atoms with E-state index in [9.17, 15) is 4.79 Å². The number of carbonyl (C=O) groups is 1. The number of hydrogen-bond donors (Lipinski definition) is 2. The lowest BCUT2D eigenvalue weighted by molar-refractivity contribution is -0.140. The van der Waals surface area contributed by atoms with Gasteiger partial charge in [0.25, 0.3) is 5.91 Å². The van der Waals surface area contributed by atoms with Crippen LogP contribution in [0.5, 0.6) is 0 Å². The van der Waals surface area contributed by atoms with Crippen molar-refractivity contribution in [3.63, 3.8) is 0 Å². The highest BCUT2D eigenvalue weighted by atomic mass is 35.5. The first-order valence-corrected chi connectivity index (χ1v) is 8.91. The number of methoxy groups -OCH3 is 1. The van der Waals surface area contributed by atoms with Gasteiger partial charge in [-0.3, -0.25) is 4.79 Å². The second kappa shape index (κ2) is 11.5. The number of nitrogens with one attached hydrogen (secondary N) is 2. The van der Waals surface area contributed by atoms with E-state index in [1.807, 2.05) is 38.1 Å². The van der Waals surface area contributed by atoms with Crippen molar-refractivity contribution in [1.82, 2.24) is 5.32 Å². The number of hydrogen-bond acceptors (Lipinski definition) is 5. The molecule has 1 heterocycles. The fourth-order valence-electron chi connectivity index (χ4n) is 2.87. The van der Waals surface area contributed by atoms with Gasteiger partial charge in [-0.05, 0) is 57.5 Å². The van der Waals surface area contributed by atoms with Gasteiger partial charge in [0.05, 0.1) is 25.9 Å². The second-order valence-corrected chi connectivity index (χ2v) is 6.58. The third kappa shape index (κ3) is 6.85. The standard InChI is InChI=1S/C19H30N2O4.ClH/c1-15(2)25-12-11-24-14-16-5-4-6-17(13-16)21-18(22)19(23-3)7-9-20-10-8-19;/h4-6,13,15,20H,7-12,14H2,1-3H3,(H,21,22);1H. The average molecular weight is 387 g/mol. The van der Waals surface area contributed by atoms with Crippen LogP contribution in [0.15, 0.2) is 24.3 Å². The first-order chi connectivity index (χ1) is 12.1. The van der Waals surface area contributed by atoms with Gasteiger partial charge >= 0.3 is 0 Å². The monoisotopic (exact) mass is 386 g/mol. The molecule has 1 aliphatic heterocycles. The maximum absolute atomic E-state index is 12.7. The number of carbonyl (C=O) groups excluding carboxylic acids is 1. The van der Waals surface area contributed by atoms with E-state index in [0.717, 1.165) is 24.3 Å². The number of halogens is 1. The van der Waals surface area contributed by atoms with Crippen LogP contribution in [0.25, 0.3) is 0 Å². The lowest BCUT2D eigenvalue weighted by Gasteiger charge is -2.34. The van der Waals surface area contributed by atoms with E-state index in [1.54, 1.807) is 7.11 Å². The lowest BCUT2D eigenvalue weighted by Crippen LogP contribution is -2.51. The van der Waals surface area contributed by atoms with E-state index < -0.39 is 5.60 Å². The van der Waals surface area contributed by atoms with Gasteiger partial charge < -0.3 is 24.8 Å². The van der Waals surface area contributed by atoms with Crippen LogP contribution < -0.4 is 10.6 Å². The summed E-state index contributed by atoms with van der Waals surface area (Å²) in [5.74, 6) is -0.0834. The molecular weight excluding hydrogens is 356 g/mol. The van der Waals surface area contributed by atoms with Gasteiger partial charge in [0.2, 0.25) is 0 Å². The van der Waals surface area contributed by atoms with Crippen molar-refractivity contribution < 1.29 is 19.0 Å². The van der Waals surface area contributed by atoms with Crippen molar-refractivity contribution in [1.29, 1.82) is 0 Å². The maximum atomic E-state index is 12.7. The van der Waals surface area contributed by atoms with E-state index >= 15 is 0 Å². The molecule has 0 spiro atoms. The molecule has 0 aromatic heterocycles. The summed E-state index contributed by atoms with van der Waals surface area (Å²) in [5.41, 5.74) is 1.03. The summed E-state index contributed by atoms with van der Waals surface area (Å²) in [6.45, 7) is 7.20. The summed E-state index contributed by atoms with van der Waals surface area (Å²) in [6.07, 6.45) is 1.56. The zero-order chi connectivity index (χ0) is 18.1. The Bertz CT molecular complexity index is 548. The van der Waals surface area contributed by atoms with Gasteiger partial charge in [0.1, 0.15) is 5.60 Å². The zero-order valence-electron chi connectivity index (χ0n) is 15.9. The highest BCUT2D eigenvalue weighted by molar-refractivity contribution is 5.97. The van der Waals surface area contributed by atoms with Crippen LogP contribution in [-0.4, -0.2) is 51.0 Å². The molecular formula is C19H31ClN2O4. The normalized spacial score (nSPS) is 16.2. The quantitative estimate of drug-likeness (QED) is 0.639. The SMILES string of the molecule is COC1(C(=O)Nc2cccc(COCCOC(C)C)c2)CCNCC1.Cl. The van der Waals surface area contributed by atoms with Crippen LogP contribution in [0.3, 0.4) is 0 Å². The van der Waals surface area contributed by atoms with Crippen LogP contribution >= 0.6 is 12.4 Å². The van der Waals surface area contributed by atoms with Gasteiger partial charge in [-0.25, -0.2) is 0 Å². The van der Waals surface area contributed by atoms with E-state index in [0.29, 0.717) is 32.7 Å². The predicted molar refractivity (Wildman–Crippen MR) is 105 cm³/mol. The Morgan fingerprint density at radius 3 is 2.65 bits per heavy atom. The van der Waals surface area contributed by atoms with Gasteiger partial charge in [-0.1, -0.05) is 12.1 Å². The number of benzene rings is 1. The minimum absolute atomic E-state index is 0. The van der Waals surface area contributed by atoms with Gasteiger partial charge in [-0.15, -0.1) is 12.4 Å². The van der Waals surface area contributed by atoms with E-state index in [2.05, 4.69) is 10.6 Å². The fourth-order valence-corrected chi connectivity index (χ4v) is 2.87. The topological polar surface area (TPSA) is 68.8 Å². The van der Waals surface area contributed by atoms with Crippen LogP contribution in [-0.2, 0) is 25.6 Å². The minimum atomic E-state index is -0.744. The van der Waals surface area contributed by atoms with Crippen molar-refractivity contribution in [3.8, 4) is 0 Å². The van der Waals surface area contributed by atoms with E-state index in [1.165, 1.54) is 0 Å². The Balaban J connectivity index is 0.00000338.